The largest absolute Gasteiger partial charge is 0.489 e. The number of hydrogen-bond donors (Lipinski definition) is 0. The van der Waals surface area contributed by atoms with Crippen molar-refractivity contribution >= 4 is 11.9 Å². The summed E-state index contributed by atoms with van der Waals surface area (Å²) in [6.45, 7) is 0.541. The van der Waals surface area contributed by atoms with Gasteiger partial charge in [0.25, 0.3) is 0 Å². The van der Waals surface area contributed by atoms with E-state index < -0.39 is 0 Å². The van der Waals surface area contributed by atoms with Crippen molar-refractivity contribution in [3.63, 3.8) is 0 Å². The number of nitrogens with zero attached hydrogens (tertiary/aromatic N) is 1. The first-order chi connectivity index (χ1) is 12.3. The van der Waals surface area contributed by atoms with Crippen LogP contribution in [0.3, 0.4) is 0 Å². The van der Waals surface area contributed by atoms with Gasteiger partial charge in [0.05, 0.1) is 0 Å². The molecule has 0 radical (unpaired) electrons. The molecule has 0 unspecified atom stereocenters. The van der Waals surface area contributed by atoms with Crippen LogP contribution in [0.15, 0.2) is 85.2 Å². The summed E-state index contributed by atoms with van der Waals surface area (Å²) in [5.41, 5.74) is 3.01. The standard InChI is InChI=1S/C22H19NO2/c24-21(15-20-7-4-14-23-16-20)11-8-18-9-12-22(13-10-18)25-17-19-5-2-1-3-6-19/h1-14,16H,15,17H2. The molecule has 0 atom stereocenters. The number of hydrogen-bond acceptors (Lipinski definition) is 3. The Morgan fingerprint density at radius 2 is 1.68 bits per heavy atom. The van der Waals surface area contributed by atoms with E-state index in [4.69, 9.17) is 4.74 Å². The number of ketones is 1. The van der Waals surface area contributed by atoms with E-state index in [2.05, 4.69) is 4.98 Å². The van der Waals surface area contributed by atoms with E-state index in [0.29, 0.717) is 13.0 Å². The second-order valence-corrected chi connectivity index (χ2v) is 5.68. The van der Waals surface area contributed by atoms with Gasteiger partial charge in [-0.3, -0.25) is 9.78 Å². The number of benzene rings is 2. The van der Waals surface area contributed by atoms with Gasteiger partial charge in [0.2, 0.25) is 0 Å². The van der Waals surface area contributed by atoms with Gasteiger partial charge in [0.1, 0.15) is 12.4 Å². The third kappa shape index (κ3) is 5.43. The minimum atomic E-state index is 0.0532. The topological polar surface area (TPSA) is 39.2 Å². The van der Waals surface area contributed by atoms with Gasteiger partial charge < -0.3 is 4.74 Å². The third-order valence-corrected chi connectivity index (χ3v) is 3.69. The first-order valence-corrected chi connectivity index (χ1v) is 8.16. The number of rotatable bonds is 7. The van der Waals surface area contributed by atoms with Gasteiger partial charge in [0.15, 0.2) is 5.78 Å². The van der Waals surface area contributed by atoms with E-state index in [0.717, 1.165) is 22.4 Å². The molecule has 3 rings (SSSR count). The first kappa shape index (κ1) is 16.7. The molecule has 0 amide bonds. The smallest absolute Gasteiger partial charge is 0.160 e. The Labute approximate surface area is 147 Å². The molecule has 0 N–H and O–H groups in total. The summed E-state index contributed by atoms with van der Waals surface area (Å²) in [6.07, 6.45) is 7.20. The lowest BCUT2D eigenvalue weighted by atomic mass is 10.1. The molecule has 3 aromatic rings. The zero-order valence-corrected chi connectivity index (χ0v) is 13.8. The van der Waals surface area contributed by atoms with Crippen LogP contribution in [0.2, 0.25) is 0 Å². The second-order valence-electron chi connectivity index (χ2n) is 5.68. The van der Waals surface area contributed by atoms with Gasteiger partial charge in [-0.1, -0.05) is 54.6 Å². The molecule has 0 fully saturated rings. The van der Waals surface area contributed by atoms with Gasteiger partial charge >= 0.3 is 0 Å². The van der Waals surface area contributed by atoms with E-state index in [-0.39, 0.29) is 5.78 Å². The third-order valence-electron chi connectivity index (χ3n) is 3.69. The summed E-state index contributed by atoms with van der Waals surface area (Å²) in [6, 6.07) is 21.5. The molecular weight excluding hydrogens is 310 g/mol. The fourth-order valence-electron chi connectivity index (χ4n) is 2.37. The zero-order valence-electron chi connectivity index (χ0n) is 13.8. The lowest BCUT2D eigenvalue weighted by molar-refractivity contribution is -0.113. The highest BCUT2D eigenvalue weighted by Gasteiger charge is 2.00. The highest BCUT2D eigenvalue weighted by molar-refractivity contribution is 5.94. The molecular formula is C22H19NO2. The van der Waals surface area contributed by atoms with Crippen LogP contribution in [0, 0.1) is 0 Å². The van der Waals surface area contributed by atoms with Crippen molar-refractivity contribution in [2.45, 2.75) is 13.0 Å². The highest BCUT2D eigenvalue weighted by atomic mass is 16.5. The maximum Gasteiger partial charge on any atom is 0.160 e. The van der Waals surface area contributed by atoms with Crippen LogP contribution in [-0.2, 0) is 17.8 Å². The van der Waals surface area contributed by atoms with Gasteiger partial charge in [0, 0.05) is 18.8 Å². The van der Waals surface area contributed by atoms with Crippen LogP contribution in [0.5, 0.6) is 5.75 Å². The molecule has 0 bridgehead atoms. The summed E-state index contributed by atoms with van der Waals surface area (Å²) in [7, 11) is 0. The Balaban J connectivity index is 1.52. The molecule has 3 heteroatoms. The van der Waals surface area contributed by atoms with Gasteiger partial charge in [-0.05, 0) is 41.0 Å². The van der Waals surface area contributed by atoms with E-state index in [9.17, 15) is 4.79 Å². The van der Waals surface area contributed by atoms with E-state index >= 15 is 0 Å². The van der Waals surface area contributed by atoms with Gasteiger partial charge in [-0.2, -0.15) is 0 Å². The molecule has 3 nitrogen and oxygen atoms in total. The molecule has 1 aromatic heterocycles. The van der Waals surface area contributed by atoms with Crippen molar-refractivity contribution in [3.05, 3.63) is 102 Å². The predicted octanol–water partition coefficient (Wildman–Crippen LogP) is 4.49. The van der Waals surface area contributed by atoms with E-state index in [1.165, 1.54) is 0 Å². The van der Waals surface area contributed by atoms with Crippen LogP contribution in [-0.4, -0.2) is 10.8 Å². The van der Waals surface area contributed by atoms with Crippen LogP contribution in [0.25, 0.3) is 6.08 Å². The highest BCUT2D eigenvalue weighted by Crippen LogP contribution is 2.15. The number of ether oxygens (including phenoxy) is 1. The fraction of sp³-hybridized carbons (Fsp3) is 0.0909. The molecule has 0 saturated heterocycles. The molecule has 0 aliphatic carbocycles. The van der Waals surface area contributed by atoms with Gasteiger partial charge in [-0.25, -0.2) is 0 Å². The maximum atomic E-state index is 12.0. The normalized spacial score (nSPS) is 10.7. The number of carbonyl (C=O) groups is 1. The Kier molecular flexibility index (Phi) is 5.73. The number of carbonyl (C=O) groups excluding carboxylic acids is 1. The predicted molar refractivity (Wildman–Crippen MR) is 99.2 cm³/mol. The second kappa shape index (κ2) is 8.60. The van der Waals surface area contributed by atoms with Crippen LogP contribution >= 0.6 is 0 Å². The Bertz CT molecular complexity index is 825. The lowest BCUT2D eigenvalue weighted by Gasteiger charge is -2.06. The quantitative estimate of drug-likeness (QED) is 0.600. The maximum absolute atomic E-state index is 12.0. The Hall–Kier alpha value is -3.20. The molecule has 1 heterocycles. The van der Waals surface area contributed by atoms with Crippen molar-refractivity contribution in [3.8, 4) is 5.75 Å². The average Bonchev–Trinajstić information content (AvgIpc) is 2.67. The number of allylic oxidation sites excluding steroid dienone is 1. The zero-order chi connectivity index (χ0) is 17.3. The van der Waals surface area contributed by atoms with Crippen molar-refractivity contribution in [2.24, 2.45) is 0 Å². The summed E-state index contributed by atoms with van der Waals surface area (Å²) < 4.78 is 5.75. The monoisotopic (exact) mass is 329 g/mol. The van der Waals surface area contributed by atoms with Crippen molar-refractivity contribution in [1.29, 1.82) is 0 Å². The SMILES string of the molecule is O=C(C=Cc1ccc(OCc2ccccc2)cc1)Cc1cccnc1. The molecule has 0 aliphatic heterocycles. The van der Waals surface area contributed by atoms with E-state index in [1.807, 2.05) is 72.8 Å². The summed E-state index contributed by atoms with van der Waals surface area (Å²) in [4.78, 5) is 16.0. The Morgan fingerprint density at radius 3 is 2.40 bits per heavy atom. The fourth-order valence-corrected chi connectivity index (χ4v) is 2.37. The molecule has 124 valence electrons. The molecule has 0 aliphatic rings. The molecule has 2 aromatic carbocycles. The Morgan fingerprint density at radius 1 is 0.920 bits per heavy atom. The minimum absolute atomic E-state index is 0.0532. The summed E-state index contributed by atoms with van der Waals surface area (Å²) >= 11 is 0. The molecule has 0 saturated carbocycles. The van der Waals surface area contributed by atoms with Gasteiger partial charge in [-0.15, -0.1) is 0 Å². The minimum Gasteiger partial charge on any atom is -0.489 e. The molecule has 25 heavy (non-hydrogen) atoms. The lowest BCUT2D eigenvalue weighted by Crippen LogP contribution is -1.98. The first-order valence-electron chi connectivity index (χ1n) is 8.16. The van der Waals surface area contributed by atoms with Crippen molar-refractivity contribution < 1.29 is 9.53 Å². The van der Waals surface area contributed by atoms with Crippen molar-refractivity contribution in [1.82, 2.24) is 4.98 Å². The van der Waals surface area contributed by atoms with Crippen LogP contribution in [0.1, 0.15) is 16.7 Å². The van der Waals surface area contributed by atoms with Crippen LogP contribution in [0.4, 0.5) is 0 Å². The van der Waals surface area contributed by atoms with E-state index in [1.54, 1.807) is 18.5 Å². The average molecular weight is 329 g/mol. The number of pyridine rings is 1. The molecule has 0 spiro atoms. The number of aromatic nitrogens is 1. The summed E-state index contributed by atoms with van der Waals surface area (Å²) in [5.74, 6) is 0.861. The van der Waals surface area contributed by atoms with Crippen LogP contribution < -0.4 is 4.74 Å². The summed E-state index contributed by atoms with van der Waals surface area (Å²) in [5, 5.41) is 0. The van der Waals surface area contributed by atoms with Crippen molar-refractivity contribution in [2.75, 3.05) is 0 Å².